The first-order valence-electron chi connectivity index (χ1n) is 4.40. The van der Waals surface area contributed by atoms with Crippen LogP contribution in [0.1, 0.15) is 32.1 Å². The summed E-state index contributed by atoms with van der Waals surface area (Å²) in [6.07, 6.45) is 10.4. The van der Waals surface area contributed by atoms with E-state index in [1.165, 1.54) is 12.8 Å². The van der Waals surface area contributed by atoms with Crippen molar-refractivity contribution in [2.75, 3.05) is 0 Å². The van der Waals surface area contributed by atoms with Gasteiger partial charge in [-0.3, -0.25) is 0 Å². The molecular weight excluding hydrogens is 136 g/mol. The molecule has 3 atom stereocenters. The molecule has 2 aliphatic carbocycles. The Kier molecular flexibility index (Phi) is 1.47. The van der Waals surface area contributed by atoms with Gasteiger partial charge in [-0.05, 0) is 37.5 Å². The summed E-state index contributed by atoms with van der Waals surface area (Å²) in [5.41, 5.74) is -0.364. The van der Waals surface area contributed by atoms with Gasteiger partial charge in [-0.15, -0.1) is 12.3 Å². The van der Waals surface area contributed by atoms with Gasteiger partial charge >= 0.3 is 0 Å². The Morgan fingerprint density at radius 2 is 2.45 bits per heavy atom. The third kappa shape index (κ3) is 0.973. The highest BCUT2D eigenvalue weighted by Gasteiger charge is 2.50. The lowest BCUT2D eigenvalue weighted by atomic mass is 9.83. The molecule has 0 amide bonds. The van der Waals surface area contributed by atoms with Gasteiger partial charge < -0.3 is 5.11 Å². The van der Waals surface area contributed by atoms with Gasteiger partial charge in [0.15, 0.2) is 0 Å². The van der Waals surface area contributed by atoms with Crippen LogP contribution in [0.2, 0.25) is 0 Å². The summed E-state index contributed by atoms with van der Waals surface area (Å²) in [5.74, 6) is 3.84. The molecule has 1 nitrogen and oxygen atoms in total. The SMILES string of the molecule is C#CCC1CC2CCC1(O)C2. The minimum atomic E-state index is -0.364. The van der Waals surface area contributed by atoms with Crippen molar-refractivity contribution in [1.29, 1.82) is 0 Å². The molecule has 60 valence electrons. The van der Waals surface area contributed by atoms with E-state index in [1.54, 1.807) is 0 Å². The summed E-state index contributed by atoms with van der Waals surface area (Å²) in [5, 5.41) is 10.0. The lowest BCUT2D eigenvalue weighted by Crippen LogP contribution is -2.31. The van der Waals surface area contributed by atoms with Crippen LogP contribution in [0.25, 0.3) is 0 Å². The summed E-state index contributed by atoms with van der Waals surface area (Å²) < 4.78 is 0. The van der Waals surface area contributed by atoms with E-state index in [0.29, 0.717) is 5.92 Å². The fraction of sp³-hybridized carbons (Fsp3) is 0.800. The van der Waals surface area contributed by atoms with Gasteiger partial charge in [0.05, 0.1) is 5.60 Å². The van der Waals surface area contributed by atoms with Gasteiger partial charge in [0, 0.05) is 6.42 Å². The van der Waals surface area contributed by atoms with Crippen LogP contribution < -0.4 is 0 Å². The van der Waals surface area contributed by atoms with Gasteiger partial charge in [0.2, 0.25) is 0 Å². The molecule has 0 saturated heterocycles. The Hall–Kier alpha value is -0.480. The summed E-state index contributed by atoms with van der Waals surface area (Å²) in [7, 11) is 0. The van der Waals surface area contributed by atoms with Crippen LogP contribution in [0.4, 0.5) is 0 Å². The van der Waals surface area contributed by atoms with Crippen LogP contribution in [0.15, 0.2) is 0 Å². The zero-order valence-electron chi connectivity index (χ0n) is 6.71. The highest BCUT2D eigenvalue weighted by Crippen LogP contribution is 2.52. The van der Waals surface area contributed by atoms with Crippen molar-refractivity contribution in [2.24, 2.45) is 11.8 Å². The van der Waals surface area contributed by atoms with Gasteiger partial charge in [-0.1, -0.05) is 0 Å². The number of hydrogen-bond acceptors (Lipinski definition) is 1. The highest BCUT2D eigenvalue weighted by atomic mass is 16.3. The molecule has 0 aromatic rings. The second-order valence-corrected chi connectivity index (χ2v) is 4.05. The fourth-order valence-electron chi connectivity index (χ4n) is 2.77. The molecule has 1 N–H and O–H groups in total. The molecule has 2 aliphatic rings. The molecule has 1 heteroatoms. The van der Waals surface area contributed by atoms with Crippen molar-refractivity contribution >= 4 is 0 Å². The monoisotopic (exact) mass is 150 g/mol. The number of terminal acetylenes is 1. The van der Waals surface area contributed by atoms with Crippen LogP contribution >= 0.6 is 0 Å². The molecule has 11 heavy (non-hydrogen) atoms. The number of hydrogen-bond donors (Lipinski definition) is 1. The molecule has 0 heterocycles. The van der Waals surface area contributed by atoms with Crippen LogP contribution in [-0.4, -0.2) is 10.7 Å². The summed E-state index contributed by atoms with van der Waals surface area (Å²) in [4.78, 5) is 0. The molecule has 2 bridgehead atoms. The number of aliphatic hydroxyl groups is 1. The van der Waals surface area contributed by atoms with Crippen molar-refractivity contribution in [2.45, 2.75) is 37.7 Å². The zero-order chi connectivity index (χ0) is 7.90. The average molecular weight is 150 g/mol. The molecule has 2 saturated carbocycles. The predicted molar refractivity (Wildman–Crippen MR) is 43.8 cm³/mol. The topological polar surface area (TPSA) is 20.2 Å². The van der Waals surface area contributed by atoms with Crippen LogP contribution in [0, 0.1) is 24.2 Å². The molecule has 0 spiro atoms. The lowest BCUT2D eigenvalue weighted by Gasteiger charge is -2.28. The van der Waals surface area contributed by atoms with Crippen molar-refractivity contribution in [3.05, 3.63) is 0 Å². The van der Waals surface area contributed by atoms with Gasteiger partial charge in [0.1, 0.15) is 0 Å². The van der Waals surface area contributed by atoms with Crippen molar-refractivity contribution < 1.29 is 5.11 Å². The summed E-state index contributed by atoms with van der Waals surface area (Å²) in [6, 6.07) is 0. The first-order valence-corrected chi connectivity index (χ1v) is 4.40. The van der Waals surface area contributed by atoms with Crippen molar-refractivity contribution in [3.63, 3.8) is 0 Å². The molecule has 2 rings (SSSR count). The lowest BCUT2D eigenvalue weighted by molar-refractivity contribution is 0.00416. The summed E-state index contributed by atoms with van der Waals surface area (Å²) >= 11 is 0. The van der Waals surface area contributed by atoms with E-state index in [1.807, 2.05) is 0 Å². The largest absolute Gasteiger partial charge is 0.390 e. The normalized spacial score (nSPS) is 47.6. The molecule has 0 radical (unpaired) electrons. The number of fused-ring (bicyclic) bond motifs is 2. The molecular formula is C10H14O. The molecule has 2 fully saturated rings. The maximum absolute atomic E-state index is 10.0. The molecule has 0 aliphatic heterocycles. The second-order valence-electron chi connectivity index (χ2n) is 4.05. The van der Waals surface area contributed by atoms with E-state index in [2.05, 4.69) is 5.92 Å². The number of rotatable bonds is 1. The maximum Gasteiger partial charge on any atom is 0.0687 e. The Morgan fingerprint density at radius 1 is 1.64 bits per heavy atom. The van der Waals surface area contributed by atoms with E-state index in [4.69, 9.17) is 6.42 Å². The molecule has 0 aromatic heterocycles. The van der Waals surface area contributed by atoms with Crippen LogP contribution in [0.5, 0.6) is 0 Å². The minimum Gasteiger partial charge on any atom is -0.390 e. The van der Waals surface area contributed by atoms with E-state index < -0.39 is 0 Å². The standard InChI is InChI=1S/C10H14O/c1-2-3-9-6-8-4-5-10(9,11)7-8/h1,8-9,11H,3-7H2. The van der Waals surface area contributed by atoms with Crippen LogP contribution in [-0.2, 0) is 0 Å². The van der Waals surface area contributed by atoms with Crippen molar-refractivity contribution in [3.8, 4) is 12.3 Å². The van der Waals surface area contributed by atoms with E-state index in [0.717, 1.165) is 25.2 Å². The smallest absolute Gasteiger partial charge is 0.0687 e. The third-order valence-electron chi connectivity index (χ3n) is 3.37. The average Bonchev–Trinajstić information content (AvgIpc) is 2.44. The summed E-state index contributed by atoms with van der Waals surface area (Å²) in [6.45, 7) is 0. The highest BCUT2D eigenvalue weighted by molar-refractivity contribution is 5.05. The fourth-order valence-corrected chi connectivity index (χ4v) is 2.77. The molecule has 0 aromatic carbocycles. The Labute approximate surface area is 67.8 Å². The maximum atomic E-state index is 10.0. The Morgan fingerprint density at radius 3 is 2.91 bits per heavy atom. The molecule has 3 unspecified atom stereocenters. The third-order valence-corrected chi connectivity index (χ3v) is 3.37. The zero-order valence-corrected chi connectivity index (χ0v) is 6.71. The predicted octanol–water partition coefficient (Wildman–Crippen LogP) is 1.56. The van der Waals surface area contributed by atoms with Crippen LogP contribution in [0.3, 0.4) is 0 Å². The van der Waals surface area contributed by atoms with Gasteiger partial charge in [0.25, 0.3) is 0 Å². The Balaban J connectivity index is 2.10. The van der Waals surface area contributed by atoms with E-state index in [-0.39, 0.29) is 5.60 Å². The Bertz CT molecular complexity index is 203. The van der Waals surface area contributed by atoms with Crippen molar-refractivity contribution in [1.82, 2.24) is 0 Å². The minimum absolute atomic E-state index is 0.364. The second kappa shape index (κ2) is 2.25. The quantitative estimate of drug-likeness (QED) is 0.562. The first kappa shape index (κ1) is 7.18. The van der Waals surface area contributed by atoms with Gasteiger partial charge in [-0.2, -0.15) is 0 Å². The van der Waals surface area contributed by atoms with E-state index >= 15 is 0 Å². The van der Waals surface area contributed by atoms with E-state index in [9.17, 15) is 5.11 Å². The first-order chi connectivity index (χ1) is 5.24. The van der Waals surface area contributed by atoms with Gasteiger partial charge in [-0.25, -0.2) is 0 Å².